The molecule has 0 spiro atoms. The molecule has 0 radical (unpaired) electrons. The maximum absolute atomic E-state index is 5.19. The average Bonchev–Trinajstić information content (AvgIpc) is 3.59. The summed E-state index contributed by atoms with van der Waals surface area (Å²) in [5.74, 6) is 1.92. The summed E-state index contributed by atoms with van der Waals surface area (Å²) in [7, 11) is 0. The van der Waals surface area contributed by atoms with Crippen LogP contribution in [0, 0.1) is 0 Å². The van der Waals surface area contributed by atoms with E-state index < -0.39 is 0 Å². The van der Waals surface area contributed by atoms with Crippen LogP contribution in [0.15, 0.2) is 182 Å². The van der Waals surface area contributed by atoms with Crippen LogP contribution in [0.1, 0.15) is 0 Å². The second kappa shape index (κ2) is 11.5. The lowest BCUT2D eigenvalue weighted by atomic mass is 9.91. The van der Waals surface area contributed by atoms with E-state index in [-0.39, 0.29) is 0 Å². The van der Waals surface area contributed by atoms with E-state index in [2.05, 4.69) is 187 Å². The standard InChI is InChI=1S/C51H30N4/c1-3-13-33-27-37(25-23-31(33)11-1)50-52-49(53-51(54-50)38-26-24-32-12-2-4-14-34(32)28-38)36-16-9-17-39(29-36)55-44-22-10-21-43-41-19-7-8-20-42(41)46-40-18-6-5-15-35(40)30-45(55)48(46)47(43)44/h1-30H. The first kappa shape index (κ1) is 30.1. The van der Waals surface area contributed by atoms with Gasteiger partial charge in [0.1, 0.15) is 0 Å². The first-order valence-corrected chi connectivity index (χ1v) is 18.7. The van der Waals surface area contributed by atoms with E-state index in [1.54, 1.807) is 0 Å². The smallest absolute Gasteiger partial charge is 0.164 e. The number of fused-ring (bicyclic) bond motifs is 7. The van der Waals surface area contributed by atoms with Crippen molar-refractivity contribution in [2.24, 2.45) is 0 Å². The van der Waals surface area contributed by atoms with Crippen LogP contribution in [0.2, 0.25) is 0 Å². The minimum Gasteiger partial charge on any atom is -0.309 e. The van der Waals surface area contributed by atoms with Gasteiger partial charge in [0, 0.05) is 38.5 Å². The molecule has 0 aliphatic heterocycles. The summed E-state index contributed by atoms with van der Waals surface area (Å²) in [4.78, 5) is 15.5. The first-order valence-electron chi connectivity index (χ1n) is 18.7. The lowest BCUT2D eigenvalue weighted by Crippen LogP contribution is -2.01. The normalized spacial score (nSPS) is 12.0. The molecule has 12 aromatic rings. The van der Waals surface area contributed by atoms with Gasteiger partial charge in [0.05, 0.1) is 11.0 Å². The third-order valence-corrected chi connectivity index (χ3v) is 11.3. The third-order valence-electron chi connectivity index (χ3n) is 11.3. The zero-order valence-electron chi connectivity index (χ0n) is 29.6. The predicted octanol–water partition coefficient (Wildman–Crippen LogP) is 13.2. The van der Waals surface area contributed by atoms with Gasteiger partial charge in [-0.05, 0) is 84.9 Å². The van der Waals surface area contributed by atoms with Gasteiger partial charge in [0.25, 0.3) is 0 Å². The third kappa shape index (κ3) is 4.55. The molecule has 2 aromatic heterocycles. The van der Waals surface area contributed by atoms with Crippen molar-refractivity contribution in [2.75, 3.05) is 0 Å². The van der Waals surface area contributed by atoms with E-state index >= 15 is 0 Å². The summed E-state index contributed by atoms with van der Waals surface area (Å²) >= 11 is 0. The topological polar surface area (TPSA) is 43.6 Å². The molecule has 0 amide bonds. The number of nitrogens with zero attached hydrogens (tertiary/aromatic N) is 4. The van der Waals surface area contributed by atoms with Gasteiger partial charge in [-0.25, -0.2) is 15.0 Å². The van der Waals surface area contributed by atoms with Crippen molar-refractivity contribution in [3.63, 3.8) is 0 Å². The molecular formula is C51H30N4. The van der Waals surface area contributed by atoms with Crippen LogP contribution in [0.5, 0.6) is 0 Å². The molecule has 0 atom stereocenters. The molecule has 2 heterocycles. The number of hydrogen-bond acceptors (Lipinski definition) is 3. The lowest BCUT2D eigenvalue weighted by molar-refractivity contribution is 1.07. The fraction of sp³-hybridized carbons (Fsp3) is 0. The largest absolute Gasteiger partial charge is 0.309 e. The van der Waals surface area contributed by atoms with Crippen molar-refractivity contribution in [3.05, 3.63) is 182 Å². The van der Waals surface area contributed by atoms with E-state index in [4.69, 9.17) is 15.0 Å². The Morgan fingerprint density at radius 3 is 1.47 bits per heavy atom. The van der Waals surface area contributed by atoms with Crippen molar-refractivity contribution in [1.82, 2.24) is 19.5 Å². The van der Waals surface area contributed by atoms with Gasteiger partial charge in [-0.2, -0.15) is 0 Å². The summed E-state index contributed by atoms with van der Waals surface area (Å²) in [5, 5.41) is 14.9. The SMILES string of the molecule is c1cc(-c2nc(-c3ccc4ccccc4c3)nc(-c3ccc4ccccc4c3)n2)cc(-n2c3cccc4c5ccccc5c5c6ccccc6cc2c5c43)c1. The fourth-order valence-corrected chi connectivity index (χ4v) is 8.80. The number of aromatic nitrogens is 4. The molecule has 55 heavy (non-hydrogen) atoms. The number of benzene rings is 10. The molecule has 12 rings (SSSR count). The monoisotopic (exact) mass is 698 g/mol. The van der Waals surface area contributed by atoms with E-state index in [9.17, 15) is 0 Å². The molecule has 4 heteroatoms. The van der Waals surface area contributed by atoms with Gasteiger partial charge >= 0.3 is 0 Å². The summed E-state index contributed by atoms with van der Waals surface area (Å²) < 4.78 is 2.43. The van der Waals surface area contributed by atoms with Gasteiger partial charge in [0.15, 0.2) is 17.5 Å². The van der Waals surface area contributed by atoms with Crippen LogP contribution in [0.25, 0.3) is 116 Å². The number of hydrogen-bond donors (Lipinski definition) is 0. The van der Waals surface area contributed by atoms with E-state index in [1.165, 1.54) is 64.9 Å². The average molecular weight is 699 g/mol. The Bertz CT molecular complexity index is 3400. The van der Waals surface area contributed by atoms with Crippen molar-refractivity contribution < 1.29 is 0 Å². The van der Waals surface area contributed by atoms with Gasteiger partial charge in [-0.1, -0.05) is 146 Å². The highest BCUT2D eigenvalue weighted by Crippen LogP contribution is 2.46. The maximum Gasteiger partial charge on any atom is 0.164 e. The molecule has 4 nitrogen and oxygen atoms in total. The van der Waals surface area contributed by atoms with Crippen LogP contribution in [-0.4, -0.2) is 19.5 Å². The van der Waals surface area contributed by atoms with E-state index in [1.807, 2.05) is 0 Å². The zero-order valence-corrected chi connectivity index (χ0v) is 29.6. The van der Waals surface area contributed by atoms with Crippen LogP contribution in [-0.2, 0) is 0 Å². The van der Waals surface area contributed by atoms with Crippen LogP contribution < -0.4 is 0 Å². The molecule has 0 saturated carbocycles. The van der Waals surface area contributed by atoms with Gasteiger partial charge < -0.3 is 4.57 Å². The molecule has 0 aliphatic carbocycles. The Labute approximate surface area is 315 Å². The second-order valence-corrected chi connectivity index (χ2v) is 14.4. The van der Waals surface area contributed by atoms with Crippen molar-refractivity contribution >= 4 is 75.7 Å². The number of rotatable bonds is 4. The lowest BCUT2D eigenvalue weighted by Gasteiger charge is -2.13. The summed E-state index contributed by atoms with van der Waals surface area (Å²) in [5.41, 5.74) is 6.25. The van der Waals surface area contributed by atoms with Gasteiger partial charge in [0.2, 0.25) is 0 Å². The van der Waals surface area contributed by atoms with Crippen LogP contribution in [0.4, 0.5) is 0 Å². The Balaban J connectivity index is 1.11. The molecule has 10 aromatic carbocycles. The minimum absolute atomic E-state index is 0.632. The quantitative estimate of drug-likeness (QED) is 0.172. The molecule has 0 aliphatic rings. The summed E-state index contributed by atoms with van der Waals surface area (Å²) in [6, 6.07) is 65.0. The molecule has 254 valence electrons. The Hall–Kier alpha value is -7.43. The van der Waals surface area contributed by atoms with Crippen LogP contribution in [0.3, 0.4) is 0 Å². The highest BCUT2D eigenvalue weighted by molar-refractivity contribution is 6.39. The maximum atomic E-state index is 5.19. The predicted molar refractivity (Wildman–Crippen MR) is 229 cm³/mol. The first-order chi connectivity index (χ1) is 27.2. The highest BCUT2D eigenvalue weighted by atomic mass is 15.0. The van der Waals surface area contributed by atoms with Crippen LogP contribution >= 0.6 is 0 Å². The fourth-order valence-electron chi connectivity index (χ4n) is 8.80. The minimum atomic E-state index is 0.632. The molecule has 0 unspecified atom stereocenters. The molecular weight excluding hydrogens is 669 g/mol. The highest BCUT2D eigenvalue weighted by Gasteiger charge is 2.22. The van der Waals surface area contributed by atoms with E-state index in [0.29, 0.717) is 17.5 Å². The van der Waals surface area contributed by atoms with Gasteiger partial charge in [-0.3, -0.25) is 0 Å². The van der Waals surface area contributed by atoms with E-state index in [0.717, 1.165) is 33.2 Å². The molecule has 0 fully saturated rings. The second-order valence-electron chi connectivity index (χ2n) is 14.4. The Kier molecular flexibility index (Phi) is 6.31. The van der Waals surface area contributed by atoms with Gasteiger partial charge in [-0.15, -0.1) is 0 Å². The Morgan fingerprint density at radius 1 is 0.291 bits per heavy atom. The molecule has 0 N–H and O–H groups in total. The van der Waals surface area contributed by atoms with Crippen molar-refractivity contribution in [1.29, 1.82) is 0 Å². The van der Waals surface area contributed by atoms with Crippen molar-refractivity contribution in [3.8, 4) is 39.9 Å². The Morgan fingerprint density at radius 2 is 0.800 bits per heavy atom. The summed E-state index contributed by atoms with van der Waals surface area (Å²) in [6.07, 6.45) is 0. The van der Waals surface area contributed by atoms with Crippen molar-refractivity contribution in [2.45, 2.75) is 0 Å². The molecule has 0 bridgehead atoms. The zero-order chi connectivity index (χ0) is 36.0. The molecule has 0 saturated heterocycles. The summed E-state index contributed by atoms with van der Waals surface area (Å²) in [6.45, 7) is 0.